The lowest BCUT2D eigenvalue weighted by Crippen LogP contribution is -1.99. The molecule has 0 aliphatic rings. The van der Waals surface area contributed by atoms with Crippen molar-refractivity contribution in [3.05, 3.63) is 0 Å². The van der Waals surface area contributed by atoms with Gasteiger partial charge in [0.25, 0.3) is 0 Å². The van der Waals surface area contributed by atoms with Gasteiger partial charge in [-0.3, -0.25) is 5.09 Å². The van der Waals surface area contributed by atoms with Crippen LogP contribution in [-0.4, -0.2) is 19.2 Å². The van der Waals surface area contributed by atoms with Gasteiger partial charge in [0.1, 0.15) is 0 Å². The second kappa shape index (κ2) is 3.91. The normalized spacial score (nSPS) is 10.0. The van der Waals surface area contributed by atoms with Crippen LogP contribution >= 0.6 is 20.7 Å². The van der Waals surface area contributed by atoms with Gasteiger partial charge in [-0.25, -0.2) is 0 Å². The minimum atomic E-state index is 0.0730. The Bertz CT molecular complexity index is 32.0. The van der Waals surface area contributed by atoms with Crippen LogP contribution in [0.3, 0.4) is 0 Å². The van der Waals surface area contributed by atoms with Crippen LogP contribution in [0.25, 0.3) is 0 Å². The Kier molecular flexibility index (Phi) is 4.40. The van der Waals surface area contributed by atoms with Crippen LogP contribution in [0.15, 0.2) is 0 Å². The molecule has 1 nitrogen and oxygen atoms in total. The summed E-state index contributed by atoms with van der Waals surface area (Å²) in [5.41, 5.74) is 0. The van der Waals surface area contributed by atoms with E-state index in [4.69, 9.17) is 0 Å². The fourth-order valence-electron chi connectivity index (χ4n) is 0.141. The summed E-state index contributed by atoms with van der Waals surface area (Å²) in [4.78, 5) is 0. The van der Waals surface area contributed by atoms with Gasteiger partial charge < -0.3 is 0 Å². The van der Waals surface area contributed by atoms with E-state index in [0.29, 0.717) is 0 Å². The van der Waals surface area contributed by atoms with Gasteiger partial charge in [-0.2, -0.15) is 12.6 Å². The zero-order valence-electron chi connectivity index (χ0n) is 4.10. The molecule has 0 aliphatic heterocycles. The van der Waals surface area contributed by atoms with Crippen LogP contribution < -0.4 is 5.09 Å². The van der Waals surface area contributed by atoms with Gasteiger partial charge in [0.15, 0.2) is 0 Å². The molecule has 0 amide bonds. The summed E-state index contributed by atoms with van der Waals surface area (Å²) in [7, 11) is 0.0730. The van der Waals surface area contributed by atoms with Gasteiger partial charge in [-0.1, -0.05) is 0 Å². The molecule has 1 N–H and O–H groups in total. The zero-order chi connectivity index (χ0) is 4.99. The Morgan fingerprint density at radius 1 is 1.67 bits per heavy atom. The molecule has 0 saturated heterocycles. The fraction of sp³-hybridized carbons (Fsp3) is 1.00. The molecule has 6 heavy (non-hydrogen) atoms. The van der Waals surface area contributed by atoms with Crippen molar-refractivity contribution >= 4 is 20.7 Å². The van der Waals surface area contributed by atoms with Crippen molar-refractivity contribution < 1.29 is 0 Å². The third-order valence-corrected chi connectivity index (χ3v) is 1.59. The molecule has 0 unspecified atom stereocenters. The molecule has 0 rings (SSSR count). The minimum Gasteiger partial charge on any atom is -0.287 e. The van der Waals surface area contributed by atoms with Crippen molar-refractivity contribution in [1.82, 2.24) is 5.09 Å². The molecule has 0 bridgehead atoms. The van der Waals surface area contributed by atoms with E-state index < -0.39 is 0 Å². The third-order valence-electron chi connectivity index (χ3n) is 0.387. The van der Waals surface area contributed by atoms with Gasteiger partial charge in [0.2, 0.25) is 0 Å². The van der Waals surface area contributed by atoms with Gasteiger partial charge in [-0.15, -0.1) is 0 Å². The smallest absolute Gasteiger partial charge is 0.0422 e. The molecule has 0 spiro atoms. The second-order valence-corrected chi connectivity index (χ2v) is 3.63. The summed E-state index contributed by atoms with van der Waals surface area (Å²) in [5.74, 6) is 0.804. The van der Waals surface area contributed by atoms with Gasteiger partial charge in [0, 0.05) is 5.88 Å². The lowest BCUT2D eigenvalue weighted by molar-refractivity contribution is 1.22. The molecule has 0 fully saturated rings. The maximum absolute atomic E-state index is 3.97. The Morgan fingerprint density at radius 2 is 2.17 bits per heavy atom. The van der Waals surface area contributed by atoms with E-state index in [1.165, 1.54) is 0 Å². The van der Waals surface area contributed by atoms with Crippen LogP contribution in [-0.2, 0) is 0 Å². The highest BCUT2D eigenvalue weighted by atomic mass is 32.1. The highest BCUT2D eigenvalue weighted by molar-refractivity contribution is 7.80. The SMILES string of the molecule is CP(C)NCS. The number of nitrogens with one attached hydrogen (secondary N) is 1. The molecule has 0 atom stereocenters. The maximum atomic E-state index is 3.97. The van der Waals surface area contributed by atoms with E-state index in [1.54, 1.807) is 0 Å². The quantitative estimate of drug-likeness (QED) is 0.318. The zero-order valence-corrected chi connectivity index (χ0v) is 5.89. The summed E-state index contributed by atoms with van der Waals surface area (Å²) in [5, 5.41) is 3.14. The molecular weight excluding hydrogens is 113 g/mol. The van der Waals surface area contributed by atoms with Crippen molar-refractivity contribution in [3.8, 4) is 0 Å². The molecule has 0 aromatic heterocycles. The van der Waals surface area contributed by atoms with Gasteiger partial charge in [-0.05, 0) is 21.4 Å². The number of thiol groups is 1. The lowest BCUT2D eigenvalue weighted by atomic mass is 11.5. The van der Waals surface area contributed by atoms with Crippen LogP contribution in [0.5, 0.6) is 0 Å². The summed E-state index contributed by atoms with van der Waals surface area (Å²) in [6.07, 6.45) is 0. The lowest BCUT2D eigenvalue weighted by Gasteiger charge is -2.00. The summed E-state index contributed by atoms with van der Waals surface area (Å²) in [6.45, 7) is 4.32. The molecule has 3 heteroatoms. The van der Waals surface area contributed by atoms with Crippen molar-refractivity contribution in [2.75, 3.05) is 19.2 Å². The van der Waals surface area contributed by atoms with Crippen LogP contribution in [0.4, 0.5) is 0 Å². The summed E-state index contributed by atoms with van der Waals surface area (Å²) < 4.78 is 0. The first-order valence-electron chi connectivity index (χ1n) is 1.79. The minimum absolute atomic E-state index is 0.0730. The first-order valence-corrected chi connectivity index (χ1v) is 4.66. The van der Waals surface area contributed by atoms with Gasteiger partial charge in [0.05, 0.1) is 0 Å². The largest absolute Gasteiger partial charge is 0.287 e. The van der Waals surface area contributed by atoms with E-state index in [1.807, 2.05) is 0 Å². The highest BCUT2D eigenvalue weighted by Gasteiger charge is 1.81. The Morgan fingerprint density at radius 3 is 2.17 bits per heavy atom. The Labute approximate surface area is 45.7 Å². The van der Waals surface area contributed by atoms with E-state index in [0.717, 1.165) is 5.88 Å². The number of hydrogen-bond acceptors (Lipinski definition) is 2. The molecule has 0 radical (unpaired) electrons. The fourth-order valence-corrected chi connectivity index (χ4v) is 1.27. The molecule has 0 aliphatic carbocycles. The van der Waals surface area contributed by atoms with Crippen molar-refractivity contribution in [2.45, 2.75) is 0 Å². The van der Waals surface area contributed by atoms with E-state index >= 15 is 0 Å². The Balaban J connectivity index is 2.63. The third kappa shape index (κ3) is 4.74. The monoisotopic (exact) mass is 123 g/mol. The van der Waals surface area contributed by atoms with Crippen molar-refractivity contribution in [3.63, 3.8) is 0 Å². The molecule has 0 aromatic carbocycles. The van der Waals surface area contributed by atoms with Gasteiger partial charge >= 0.3 is 0 Å². The standard InChI is InChI=1S/C3H10NPS/c1-5(2)4-3-6/h4,6H,3H2,1-2H3. The van der Waals surface area contributed by atoms with E-state index in [9.17, 15) is 0 Å². The predicted octanol–water partition coefficient (Wildman–Crippen LogP) is 1.12. The average Bonchev–Trinajstić information content (AvgIpc) is 1.35. The maximum Gasteiger partial charge on any atom is 0.0422 e. The molecule has 0 aromatic rings. The predicted molar refractivity (Wildman–Crippen MR) is 35.8 cm³/mol. The molecule has 0 heterocycles. The summed E-state index contributed by atoms with van der Waals surface area (Å²) >= 11 is 3.97. The van der Waals surface area contributed by atoms with Crippen molar-refractivity contribution in [2.24, 2.45) is 0 Å². The number of rotatable bonds is 2. The second-order valence-electron chi connectivity index (χ2n) is 1.21. The van der Waals surface area contributed by atoms with Crippen LogP contribution in [0.2, 0.25) is 0 Å². The first-order chi connectivity index (χ1) is 2.77. The van der Waals surface area contributed by atoms with Crippen molar-refractivity contribution in [1.29, 1.82) is 0 Å². The van der Waals surface area contributed by atoms with Crippen LogP contribution in [0.1, 0.15) is 0 Å². The average molecular weight is 123 g/mol. The first kappa shape index (κ1) is 6.74. The molecule has 0 saturated carbocycles. The molecule has 38 valence electrons. The van der Waals surface area contributed by atoms with Crippen LogP contribution in [0, 0.1) is 0 Å². The summed E-state index contributed by atoms with van der Waals surface area (Å²) in [6, 6.07) is 0. The Hall–Kier alpha value is 0.740. The topological polar surface area (TPSA) is 12.0 Å². The highest BCUT2D eigenvalue weighted by Crippen LogP contribution is 2.15. The number of hydrogen-bond donors (Lipinski definition) is 2. The molecular formula is C3H10NPS. The van der Waals surface area contributed by atoms with E-state index in [-0.39, 0.29) is 8.07 Å². The van der Waals surface area contributed by atoms with E-state index in [2.05, 4.69) is 31.0 Å².